The van der Waals surface area contributed by atoms with Gasteiger partial charge in [-0.05, 0) is 44.0 Å². The van der Waals surface area contributed by atoms with Crippen LogP contribution >= 0.6 is 0 Å². The van der Waals surface area contributed by atoms with Crippen LogP contribution in [0.25, 0.3) is 0 Å². The van der Waals surface area contributed by atoms with Gasteiger partial charge in [0, 0.05) is 11.3 Å². The van der Waals surface area contributed by atoms with E-state index in [1.807, 2.05) is 12.2 Å². The first-order valence-corrected chi connectivity index (χ1v) is 8.93. The van der Waals surface area contributed by atoms with E-state index >= 15 is 0 Å². The number of allylic oxidation sites excluding steroid dienone is 2. The molecule has 2 aliphatic rings. The van der Waals surface area contributed by atoms with E-state index in [1.54, 1.807) is 24.3 Å². The molecule has 3 amide bonds. The first-order valence-electron chi connectivity index (χ1n) is 8.93. The molecule has 1 aliphatic carbocycles. The quantitative estimate of drug-likeness (QED) is 0.343. The third-order valence-corrected chi connectivity index (χ3v) is 4.83. The van der Waals surface area contributed by atoms with E-state index in [4.69, 9.17) is 4.74 Å². The third-order valence-electron chi connectivity index (χ3n) is 4.83. The van der Waals surface area contributed by atoms with Crippen molar-refractivity contribution in [3.63, 3.8) is 0 Å². The standard InChI is InChI=1S/C20H20N2O6/c1-12(23)13-6-8-14(9-7-13)21-17(24)11-28-18(25)10-22-19(26)15-4-2-3-5-16(15)20(22)27/h2-3,6-9,15-16H,4-5,10-11H2,1H3,(H,21,24)/t15-,16-/m1/s1. The lowest BCUT2D eigenvalue weighted by molar-refractivity contribution is -0.154. The molecule has 8 heteroatoms. The van der Waals surface area contributed by atoms with Crippen molar-refractivity contribution < 1.29 is 28.7 Å². The second-order valence-corrected chi connectivity index (χ2v) is 6.76. The van der Waals surface area contributed by atoms with E-state index in [1.165, 1.54) is 6.92 Å². The van der Waals surface area contributed by atoms with Crippen LogP contribution in [0.1, 0.15) is 30.1 Å². The summed E-state index contributed by atoms with van der Waals surface area (Å²) in [5, 5.41) is 2.53. The number of nitrogens with zero attached hydrogens (tertiary/aromatic N) is 1. The van der Waals surface area contributed by atoms with Crippen LogP contribution in [0, 0.1) is 11.8 Å². The highest BCUT2D eigenvalue weighted by atomic mass is 16.5. The molecule has 146 valence electrons. The van der Waals surface area contributed by atoms with Gasteiger partial charge in [0.05, 0.1) is 11.8 Å². The summed E-state index contributed by atoms with van der Waals surface area (Å²) in [6, 6.07) is 6.27. The number of nitrogens with one attached hydrogen (secondary N) is 1. The minimum atomic E-state index is -0.824. The van der Waals surface area contributed by atoms with E-state index < -0.39 is 36.9 Å². The summed E-state index contributed by atoms with van der Waals surface area (Å²) in [5.41, 5.74) is 0.965. The van der Waals surface area contributed by atoms with Crippen LogP contribution < -0.4 is 5.32 Å². The molecule has 8 nitrogen and oxygen atoms in total. The Morgan fingerprint density at radius 2 is 1.61 bits per heavy atom. The fraction of sp³-hybridized carbons (Fsp3) is 0.350. The normalized spacial score (nSPS) is 20.7. The molecule has 0 saturated carbocycles. The zero-order chi connectivity index (χ0) is 20.3. The van der Waals surface area contributed by atoms with Crippen molar-refractivity contribution in [3.8, 4) is 0 Å². The molecule has 1 fully saturated rings. The molecule has 1 aliphatic heterocycles. The summed E-state index contributed by atoms with van der Waals surface area (Å²) < 4.78 is 4.88. The van der Waals surface area contributed by atoms with E-state index in [0.717, 1.165) is 4.90 Å². The van der Waals surface area contributed by atoms with Crippen LogP contribution in [0.15, 0.2) is 36.4 Å². The molecule has 1 saturated heterocycles. The molecule has 0 radical (unpaired) electrons. The molecule has 2 atom stereocenters. The molecule has 1 heterocycles. The van der Waals surface area contributed by atoms with Crippen molar-refractivity contribution in [2.45, 2.75) is 19.8 Å². The summed E-state index contributed by atoms with van der Waals surface area (Å²) >= 11 is 0. The summed E-state index contributed by atoms with van der Waals surface area (Å²) in [7, 11) is 0. The minimum Gasteiger partial charge on any atom is -0.454 e. The number of esters is 1. The van der Waals surface area contributed by atoms with Gasteiger partial charge in [0.2, 0.25) is 11.8 Å². The minimum absolute atomic E-state index is 0.0894. The molecule has 0 spiro atoms. The lowest BCUT2D eigenvalue weighted by atomic mass is 9.85. The monoisotopic (exact) mass is 384 g/mol. The van der Waals surface area contributed by atoms with Crippen molar-refractivity contribution in [1.82, 2.24) is 4.90 Å². The SMILES string of the molecule is CC(=O)c1ccc(NC(=O)COC(=O)CN2C(=O)[C@@H]3CC=CC[C@H]3C2=O)cc1. The van der Waals surface area contributed by atoms with Gasteiger partial charge in [0.15, 0.2) is 12.4 Å². The van der Waals surface area contributed by atoms with Crippen LogP contribution in [0.2, 0.25) is 0 Å². The smallest absolute Gasteiger partial charge is 0.326 e. The van der Waals surface area contributed by atoms with Gasteiger partial charge in [-0.1, -0.05) is 12.2 Å². The molecule has 28 heavy (non-hydrogen) atoms. The van der Waals surface area contributed by atoms with E-state index in [2.05, 4.69) is 5.32 Å². The Hall–Kier alpha value is -3.29. The number of amides is 3. The summed E-state index contributed by atoms with van der Waals surface area (Å²) in [6.07, 6.45) is 4.71. The predicted octanol–water partition coefficient (Wildman–Crippen LogP) is 1.32. The summed E-state index contributed by atoms with van der Waals surface area (Å²) in [6.45, 7) is 0.400. The van der Waals surface area contributed by atoms with Gasteiger partial charge in [-0.3, -0.25) is 28.9 Å². The molecule has 0 bridgehead atoms. The third kappa shape index (κ3) is 4.16. The Morgan fingerprint density at radius 3 is 2.14 bits per heavy atom. The van der Waals surface area contributed by atoms with Crippen LogP contribution in [-0.2, 0) is 23.9 Å². The summed E-state index contributed by atoms with van der Waals surface area (Å²) in [4.78, 5) is 60.6. The fourth-order valence-electron chi connectivity index (χ4n) is 3.33. The number of carbonyl (C=O) groups excluding carboxylic acids is 5. The van der Waals surface area contributed by atoms with Gasteiger partial charge >= 0.3 is 5.97 Å². The molecule has 0 unspecified atom stereocenters. The van der Waals surface area contributed by atoms with E-state index in [-0.39, 0.29) is 17.6 Å². The molecule has 1 N–H and O–H groups in total. The Bertz CT molecular complexity index is 832. The number of fused-ring (bicyclic) bond motifs is 1. The van der Waals surface area contributed by atoms with Crippen LogP contribution in [0.3, 0.4) is 0 Å². The number of hydrogen-bond donors (Lipinski definition) is 1. The first-order chi connectivity index (χ1) is 13.4. The highest BCUT2D eigenvalue weighted by Gasteiger charge is 2.47. The first kappa shape index (κ1) is 19.5. The van der Waals surface area contributed by atoms with E-state index in [0.29, 0.717) is 24.1 Å². The Kier molecular flexibility index (Phi) is 5.67. The second-order valence-electron chi connectivity index (χ2n) is 6.76. The summed E-state index contributed by atoms with van der Waals surface area (Å²) in [5.74, 6) is -3.04. The Morgan fingerprint density at radius 1 is 1.04 bits per heavy atom. The number of Topliss-reactive ketones (excluding diaryl/α,β-unsaturated/α-hetero) is 1. The van der Waals surface area contributed by atoms with Crippen LogP contribution in [0.4, 0.5) is 5.69 Å². The average molecular weight is 384 g/mol. The number of anilines is 1. The number of ether oxygens (including phenoxy) is 1. The van der Waals surface area contributed by atoms with Gasteiger partial charge in [0.1, 0.15) is 6.54 Å². The van der Waals surface area contributed by atoms with E-state index in [9.17, 15) is 24.0 Å². The Balaban J connectivity index is 1.47. The van der Waals surface area contributed by atoms with Gasteiger partial charge < -0.3 is 10.1 Å². The van der Waals surface area contributed by atoms with Crippen molar-refractivity contribution in [2.75, 3.05) is 18.5 Å². The van der Waals surface area contributed by atoms with Gasteiger partial charge in [-0.25, -0.2) is 0 Å². The maximum Gasteiger partial charge on any atom is 0.326 e. The van der Waals surface area contributed by atoms with Crippen molar-refractivity contribution in [1.29, 1.82) is 0 Å². The zero-order valence-electron chi connectivity index (χ0n) is 15.3. The van der Waals surface area contributed by atoms with Crippen molar-refractivity contribution in [3.05, 3.63) is 42.0 Å². The zero-order valence-corrected chi connectivity index (χ0v) is 15.3. The number of likely N-dealkylation sites (tertiary alicyclic amines) is 1. The van der Waals surface area contributed by atoms with Crippen LogP contribution in [-0.4, -0.2) is 47.5 Å². The highest BCUT2D eigenvalue weighted by Crippen LogP contribution is 2.34. The van der Waals surface area contributed by atoms with Gasteiger partial charge in [0.25, 0.3) is 5.91 Å². The lowest BCUT2D eigenvalue weighted by Crippen LogP contribution is -2.37. The number of ketones is 1. The van der Waals surface area contributed by atoms with Crippen molar-refractivity contribution in [2.24, 2.45) is 11.8 Å². The topological polar surface area (TPSA) is 110 Å². The van der Waals surface area contributed by atoms with Gasteiger partial charge in [-0.15, -0.1) is 0 Å². The number of imide groups is 1. The highest BCUT2D eigenvalue weighted by molar-refractivity contribution is 6.07. The molecular formula is C20H20N2O6. The predicted molar refractivity (Wildman–Crippen MR) is 98.1 cm³/mol. The number of hydrogen-bond acceptors (Lipinski definition) is 6. The second kappa shape index (κ2) is 8.16. The molecule has 3 rings (SSSR count). The fourth-order valence-corrected chi connectivity index (χ4v) is 3.33. The molecule has 1 aromatic rings. The average Bonchev–Trinajstić information content (AvgIpc) is 2.92. The number of rotatable bonds is 6. The van der Waals surface area contributed by atoms with Crippen LogP contribution in [0.5, 0.6) is 0 Å². The van der Waals surface area contributed by atoms with Gasteiger partial charge in [-0.2, -0.15) is 0 Å². The Labute approximate surface area is 161 Å². The van der Waals surface area contributed by atoms with Crippen molar-refractivity contribution >= 4 is 35.2 Å². The largest absolute Gasteiger partial charge is 0.454 e. The molecule has 0 aromatic heterocycles. The maximum atomic E-state index is 12.3. The molecule has 1 aromatic carbocycles. The number of carbonyl (C=O) groups is 5. The number of benzene rings is 1. The molecular weight excluding hydrogens is 364 g/mol. The lowest BCUT2D eigenvalue weighted by Gasteiger charge is -2.14. The maximum absolute atomic E-state index is 12.3.